The molecule has 4 heteroatoms. The van der Waals surface area contributed by atoms with Gasteiger partial charge in [0.15, 0.2) is 5.60 Å². The summed E-state index contributed by atoms with van der Waals surface area (Å²) in [7, 11) is 0. The predicted molar refractivity (Wildman–Crippen MR) is 57.6 cm³/mol. The van der Waals surface area contributed by atoms with E-state index in [-0.39, 0.29) is 6.42 Å². The van der Waals surface area contributed by atoms with Crippen LogP contribution in [0, 0.1) is 0 Å². The van der Waals surface area contributed by atoms with Gasteiger partial charge < -0.3 is 14.9 Å². The fourth-order valence-electron chi connectivity index (χ4n) is 1.82. The van der Waals surface area contributed by atoms with E-state index < -0.39 is 11.6 Å². The van der Waals surface area contributed by atoms with Crippen molar-refractivity contribution >= 4 is 5.97 Å². The highest BCUT2D eigenvalue weighted by Crippen LogP contribution is 2.27. The van der Waals surface area contributed by atoms with Crippen LogP contribution in [0.1, 0.15) is 18.1 Å². The number of hydrogen-bond donors (Lipinski definition) is 2. The molecule has 1 aliphatic heterocycles. The second-order valence-corrected chi connectivity index (χ2v) is 4.30. The van der Waals surface area contributed by atoms with Gasteiger partial charge in [-0.05, 0) is 24.1 Å². The Bertz CT molecular complexity index is 423. The lowest BCUT2D eigenvalue weighted by Crippen LogP contribution is -2.37. The molecule has 2 rings (SSSR count). The highest BCUT2D eigenvalue weighted by Gasteiger charge is 2.30. The van der Waals surface area contributed by atoms with Gasteiger partial charge in [-0.2, -0.15) is 0 Å². The van der Waals surface area contributed by atoms with Crippen molar-refractivity contribution in [2.24, 2.45) is 0 Å². The number of ether oxygens (including phenoxy) is 1. The summed E-state index contributed by atoms with van der Waals surface area (Å²) >= 11 is 0. The summed E-state index contributed by atoms with van der Waals surface area (Å²) in [5.74, 6) is -0.344. The number of rotatable bonds is 3. The van der Waals surface area contributed by atoms with Gasteiger partial charge in [0.25, 0.3) is 0 Å². The average Bonchev–Trinajstić information content (AvgIpc) is 2.63. The van der Waals surface area contributed by atoms with Crippen LogP contribution in [-0.2, 0) is 17.6 Å². The molecule has 0 spiro atoms. The second-order valence-electron chi connectivity index (χ2n) is 4.30. The first-order chi connectivity index (χ1) is 7.49. The molecule has 1 atom stereocenters. The van der Waals surface area contributed by atoms with E-state index in [2.05, 4.69) is 0 Å². The van der Waals surface area contributed by atoms with E-state index in [1.807, 2.05) is 12.1 Å². The first kappa shape index (κ1) is 11.0. The number of carboxylic acids is 1. The quantitative estimate of drug-likeness (QED) is 0.800. The summed E-state index contributed by atoms with van der Waals surface area (Å²) in [5.41, 5.74) is 0.184. The molecule has 0 aliphatic carbocycles. The lowest BCUT2D eigenvalue weighted by atomic mass is 9.95. The Hall–Kier alpha value is -1.55. The maximum Gasteiger partial charge on any atom is 0.335 e. The van der Waals surface area contributed by atoms with Crippen LogP contribution in [-0.4, -0.2) is 28.4 Å². The number of hydrogen-bond acceptors (Lipinski definition) is 3. The minimum Gasteiger partial charge on any atom is -0.493 e. The van der Waals surface area contributed by atoms with Gasteiger partial charge in [-0.15, -0.1) is 0 Å². The Morgan fingerprint density at radius 3 is 3.00 bits per heavy atom. The van der Waals surface area contributed by atoms with Crippen molar-refractivity contribution in [1.29, 1.82) is 0 Å². The molecule has 1 aliphatic rings. The second kappa shape index (κ2) is 3.79. The Kier molecular flexibility index (Phi) is 2.59. The van der Waals surface area contributed by atoms with Crippen LogP contribution >= 0.6 is 0 Å². The summed E-state index contributed by atoms with van der Waals surface area (Å²) in [6.07, 6.45) is 0.952. The van der Waals surface area contributed by atoms with Crippen molar-refractivity contribution in [2.45, 2.75) is 25.4 Å². The predicted octanol–water partition coefficient (Wildman–Crippen LogP) is 1.000. The van der Waals surface area contributed by atoms with Crippen LogP contribution in [0.4, 0.5) is 0 Å². The molecule has 0 amide bonds. The molecule has 0 aromatic heterocycles. The monoisotopic (exact) mass is 222 g/mol. The van der Waals surface area contributed by atoms with E-state index in [1.54, 1.807) is 6.07 Å². The normalized spacial score (nSPS) is 17.4. The number of aliphatic hydroxyl groups is 1. The lowest BCUT2D eigenvalue weighted by molar-refractivity contribution is -0.156. The molecule has 4 nitrogen and oxygen atoms in total. The summed E-state index contributed by atoms with van der Waals surface area (Å²) in [5, 5.41) is 18.5. The molecular weight excluding hydrogens is 208 g/mol. The minimum absolute atomic E-state index is 0.107. The standard InChI is InChI=1S/C12H14O4/c1-12(15,11(13)14)7-8-2-3-10-9(6-8)4-5-16-10/h2-3,6,15H,4-5,7H2,1H3,(H,13,14). The highest BCUT2D eigenvalue weighted by atomic mass is 16.5. The molecular formula is C12H14O4. The zero-order valence-corrected chi connectivity index (χ0v) is 9.06. The molecule has 1 unspecified atom stereocenters. The topological polar surface area (TPSA) is 66.8 Å². The number of aliphatic carboxylic acids is 1. The molecule has 2 N–H and O–H groups in total. The SMILES string of the molecule is CC(O)(Cc1ccc2c(c1)CCO2)C(=O)O. The summed E-state index contributed by atoms with van der Waals surface area (Å²) < 4.78 is 5.35. The van der Waals surface area contributed by atoms with Gasteiger partial charge in [0, 0.05) is 12.8 Å². The molecule has 1 aromatic rings. The van der Waals surface area contributed by atoms with E-state index in [9.17, 15) is 9.90 Å². The van der Waals surface area contributed by atoms with Gasteiger partial charge in [0.2, 0.25) is 0 Å². The average molecular weight is 222 g/mol. The molecule has 0 fully saturated rings. The Balaban J connectivity index is 2.20. The molecule has 1 aromatic carbocycles. The largest absolute Gasteiger partial charge is 0.493 e. The molecule has 0 radical (unpaired) electrons. The van der Waals surface area contributed by atoms with Crippen molar-refractivity contribution in [3.63, 3.8) is 0 Å². The first-order valence-corrected chi connectivity index (χ1v) is 5.19. The van der Waals surface area contributed by atoms with Crippen molar-refractivity contribution in [3.05, 3.63) is 29.3 Å². The molecule has 1 heterocycles. The molecule has 0 bridgehead atoms. The van der Waals surface area contributed by atoms with E-state index in [4.69, 9.17) is 9.84 Å². The van der Waals surface area contributed by atoms with Crippen molar-refractivity contribution in [2.75, 3.05) is 6.61 Å². The Labute approximate surface area is 93.5 Å². The van der Waals surface area contributed by atoms with Crippen molar-refractivity contribution < 1.29 is 19.7 Å². The molecule has 0 saturated carbocycles. The fraction of sp³-hybridized carbons (Fsp3) is 0.417. The first-order valence-electron chi connectivity index (χ1n) is 5.19. The number of benzene rings is 1. The third-order valence-electron chi connectivity index (χ3n) is 2.76. The van der Waals surface area contributed by atoms with E-state index in [0.717, 1.165) is 23.3 Å². The van der Waals surface area contributed by atoms with Gasteiger partial charge in [-0.1, -0.05) is 12.1 Å². The number of carboxylic acid groups (broad SMARTS) is 1. The van der Waals surface area contributed by atoms with Crippen LogP contribution in [0.5, 0.6) is 5.75 Å². The van der Waals surface area contributed by atoms with Crippen LogP contribution < -0.4 is 4.74 Å². The smallest absolute Gasteiger partial charge is 0.335 e. The number of carbonyl (C=O) groups is 1. The van der Waals surface area contributed by atoms with Crippen molar-refractivity contribution in [3.8, 4) is 5.75 Å². The summed E-state index contributed by atoms with van der Waals surface area (Å²) in [4.78, 5) is 10.8. The van der Waals surface area contributed by atoms with Crippen LogP contribution in [0.3, 0.4) is 0 Å². The van der Waals surface area contributed by atoms with Gasteiger partial charge in [-0.3, -0.25) is 0 Å². The third kappa shape index (κ3) is 2.02. The molecule has 86 valence electrons. The van der Waals surface area contributed by atoms with E-state index in [1.165, 1.54) is 6.92 Å². The van der Waals surface area contributed by atoms with Crippen LogP contribution in [0.2, 0.25) is 0 Å². The zero-order chi connectivity index (χ0) is 11.8. The van der Waals surface area contributed by atoms with Crippen molar-refractivity contribution in [1.82, 2.24) is 0 Å². The van der Waals surface area contributed by atoms with E-state index >= 15 is 0 Å². The number of fused-ring (bicyclic) bond motifs is 1. The molecule has 16 heavy (non-hydrogen) atoms. The van der Waals surface area contributed by atoms with E-state index in [0.29, 0.717) is 6.61 Å². The maximum atomic E-state index is 10.8. The lowest BCUT2D eigenvalue weighted by Gasteiger charge is -2.18. The van der Waals surface area contributed by atoms with Gasteiger partial charge in [0.1, 0.15) is 5.75 Å². The van der Waals surface area contributed by atoms with Crippen LogP contribution in [0.25, 0.3) is 0 Å². The fourth-order valence-corrected chi connectivity index (χ4v) is 1.82. The van der Waals surface area contributed by atoms with Crippen LogP contribution in [0.15, 0.2) is 18.2 Å². The Morgan fingerprint density at radius 2 is 2.31 bits per heavy atom. The highest BCUT2D eigenvalue weighted by molar-refractivity contribution is 5.77. The summed E-state index contributed by atoms with van der Waals surface area (Å²) in [6, 6.07) is 5.52. The summed E-state index contributed by atoms with van der Waals surface area (Å²) in [6.45, 7) is 1.98. The molecule has 0 saturated heterocycles. The van der Waals surface area contributed by atoms with Gasteiger partial charge in [0.05, 0.1) is 6.61 Å². The Morgan fingerprint density at radius 1 is 1.56 bits per heavy atom. The maximum absolute atomic E-state index is 10.8. The van der Waals surface area contributed by atoms with Gasteiger partial charge >= 0.3 is 5.97 Å². The minimum atomic E-state index is -1.71. The van der Waals surface area contributed by atoms with Gasteiger partial charge in [-0.25, -0.2) is 4.79 Å². The third-order valence-corrected chi connectivity index (χ3v) is 2.76. The zero-order valence-electron chi connectivity index (χ0n) is 9.06.